The van der Waals surface area contributed by atoms with Gasteiger partial charge in [0, 0.05) is 18.8 Å². The van der Waals surface area contributed by atoms with Gasteiger partial charge in [0.1, 0.15) is 0 Å². The third kappa shape index (κ3) is 3.84. The Bertz CT molecular complexity index is 798. The van der Waals surface area contributed by atoms with Gasteiger partial charge in [-0.15, -0.1) is 0 Å². The van der Waals surface area contributed by atoms with Crippen LogP contribution in [-0.2, 0) is 0 Å². The molecule has 1 aromatic heterocycles. The van der Waals surface area contributed by atoms with Gasteiger partial charge in [0.2, 0.25) is 17.6 Å². The largest absolute Gasteiger partial charge is 0.378 e. The van der Waals surface area contributed by atoms with E-state index < -0.39 is 4.92 Å². The highest BCUT2D eigenvalue weighted by molar-refractivity contribution is 5.72. The molecule has 3 N–H and O–H groups in total. The fourth-order valence-electron chi connectivity index (χ4n) is 3.51. The summed E-state index contributed by atoms with van der Waals surface area (Å²) in [6, 6.07) is 7.74. The standard InChI is InChI=1S/C18H24N6O2/c1-11-4-6-14(7-5-11)20-18-21-16(19)15(24(25)26)17(22-18)23-9-12(2)8-13(3)10-23/h4-7,12-13H,8-10H2,1-3H3,(H3,19,20,21,22). The average Bonchev–Trinajstić information content (AvgIpc) is 2.55. The lowest BCUT2D eigenvalue weighted by Crippen LogP contribution is -2.39. The number of anilines is 4. The van der Waals surface area contributed by atoms with E-state index >= 15 is 0 Å². The van der Waals surface area contributed by atoms with E-state index in [9.17, 15) is 10.1 Å². The number of nitrogens with one attached hydrogen (secondary N) is 1. The molecule has 2 atom stereocenters. The third-order valence-electron chi connectivity index (χ3n) is 4.55. The molecule has 1 saturated heterocycles. The van der Waals surface area contributed by atoms with Crippen LogP contribution in [-0.4, -0.2) is 28.0 Å². The number of aromatic nitrogens is 2. The van der Waals surface area contributed by atoms with Crippen molar-refractivity contribution in [2.45, 2.75) is 27.2 Å². The van der Waals surface area contributed by atoms with Crippen molar-refractivity contribution in [1.82, 2.24) is 9.97 Å². The van der Waals surface area contributed by atoms with E-state index in [1.54, 1.807) is 0 Å². The first-order chi connectivity index (χ1) is 12.3. The molecule has 8 heteroatoms. The van der Waals surface area contributed by atoms with Gasteiger partial charge >= 0.3 is 5.69 Å². The number of nitro groups is 1. The zero-order valence-corrected chi connectivity index (χ0v) is 15.3. The molecule has 0 radical (unpaired) electrons. The summed E-state index contributed by atoms with van der Waals surface area (Å²) in [7, 11) is 0. The molecule has 3 rings (SSSR count). The molecule has 0 amide bonds. The van der Waals surface area contributed by atoms with Crippen molar-refractivity contribution in [1.29, 1.82) is 0 Å². The van der Waals surface area contributed by atoms with Gasteiger partial charge in [-0.25, -0.2) is 0 Å². The molecule has 1 aliphatic rings. The van der Waals surface area contributed by atoms with Gasteiger partial charge in [0.05, 0.1) is 4.92 Å². The number of hydrogen-bond acceptors (Lipinski definition) is 7. The second-order valence-electron chi connectivity index (χ2n) is 7.20. The maximum absolute atomic E-state index is 11.6. The molecular weight excluding hydrogens is 332 g/mol. The molecule has 0 aliphatic carbocycles. The van der Waals surface area contributed by atoms with E-state index in [0.717, 1.165) is 17.7 Å². The van der Waals surface area contributed by atoms with Gasteiger partial charge in [0.25, 0.3) is 0 Å². The number of piperidine rings is 1. The van der Waals surface area contributed by atoms with Crippen LogP contribution in [0, 0.1) is 28.9 Å². The lowest BCUT2D eigenvalue weighted by atomic mass is 9.92. The third-order valence-corrected chi connectivity index (χ3v) is 4.55. The predicted octanol–water partition coefficient (Wildman–Crippen LogP) is 3.50. The van der Waals surface area contributed by atoms with Gasteiger partial charge < -0.3 is 16.0 Å². The number of nitrogens with two attached hydrogens (primary N) is 1. The Hall–Kier alpha value is -2.90. The van der Waals surface area contributed by atoms with Crippen LogP contribution < -0.4 is 16.0 Å². The van der Waals surface area contributed by atoms with Gasteiger partial charge in [-0.2, -0.15) is 9.97 Å². The fourth-order valence-corrected chi connectivity index (χ4v) is 3.51. The van der Waals surface area contributed by atoms with Crippen LogP contribution in [0.3, 0.4) is 0 Å². The lowest BCUT2D eigenvalue weighted by Gasteiger charge is -2.35. The minimum Gasteiger partial charge on any atom is -0.378 e. The first kappa shape index (κ1) is 17.9. The monoisotopic (exact) mass is 356 g/mol. The summed E-state index contributed by atoms with van der Waals surface area (Å²) in [5.41, 5.74) is 7.63. The Morgan fingerprint density at radius 2 is 1.81 bits per heavy atom. The van der Waals surface area contributed by atoms with Crippen LogP contribution in [0.1, 0.15) is 25.8 Å². The van der Waals surface area contributed by atoms with Crippen molar-refractivity contribution in [3.63, 3.8) is 0 Å². The maximum Gasteiger partial charge on any atom is 0.353 e. The smallest absolute Gasteiger partial charge is 0.353 e. The SMILES string of the molecule is Cc1ccc(Nc2nc(N)c([N+](=O)[O-])c(N3CC(C)CC(C)C3)n2)cc1. The molecule has 0 bridgehead atoms. The lowest BCUT2D eigenvalue weighted by molar-refractivity contribution is -0.383. The quantitative estimate of drug-likeness (QED) is 0.637. The summed E-state index contributed by atoms with van der Waals surface area (Å²) in [4.78, 5) is 21.6. The molecule has 2 heterocycles. The Labute approximate surface area is 152 Å². The predicted molar refractivity (Wildman–Crippen MR) is 103 cm³/mol. The molecule has 26 heavy (non-hydrogen) atoms. The van der Waals surface area contributed by atoms with E-state index in [0.29, 0.717) is 24.9 Å². The van der Waals surface area contributed by atoms with Crippen LogP contribution in [0.4, 0.5) is 29.0 Å². The first-order valence-electron chi connectivity index (χ1n) is 8.74. The van der Waals surface area contributed by atoms with Crippen LogP contribution >= 0.6 is 0 Å². The van der Waals surface area contributed by atoms with E-state index in [4.69, 9.17) is 5.73 Å². The highest BCUT2D eigenvalue weighted by Gasteiger charge is 2.31. The minimum atomic E-state index is -0.496. The summed E-state index contributed by atoms with van der Waals surface area (Å²) in [6.45, 7) is 7.72. The summed E-state index contributed by atoms with van der Waals surface area (Å²) in [5.74, 6) is 1.29. The summed E-state index contributed by atoms with van der Waals surface area (Å²) >= 11 is 0. The maximum atomic E-state index is 11.6. The van der Waals surface area contributed by atoms with Gasteiger partial charge in [-0.1, -0.05) is 31.5 Å². The Morgan fingerprint density at radius 1 is 1.19 bits per heavy atom. The van der Waals surface area contributed by atoms with E-state index in [2.05, 4.69) is 29.1 Å². The minimum absolute atomic E-state index is 0.125. The van der Waals surface area contributed by atoms with Crippen molar-refractivity contribution >= 4 is 29.0 Å². The van der Waals surface area contributed by atoms with Gasteiger partial charge in [-0.05, 0) is 37.3 Å². The van der Waals surface area contributed by atoms with Gasteiger partial charge in [-0.3, -0.25) is 10.1 Å². The van der Waals surface area contributed by atoms with Crippen molar-refractivity contribution in [2.24, 2.45) is 11.8 Å². The Morgan fingerprint density at radius 3 is 2.38 bits per heavy atom. The van der Waals surface area contributed by atoms with Crippen LogP contribution in [0.25, 0.3) is 0 Å². The second kappa shape index (κ2) is 7.15. The summed E-state index contributed by atoms with van der Waals surface area (Å²) in [5, 5.41) is 14.6. The average molecular weight is 356 g/mol. The molecule has 2 unspecified atom stereocenters. The zero-order chi connectivity index (χ0) is 18.8. The van der Waals surface area contributed by atoms with Crippen molar-refractivity contribution < 1.29 is 4.92 Å². The first-order valence-corrected chi connectivity index (χ1v) is 8.74. The Kier molecular flexibility index (Phi) is 4.92. The van der Waals surface area contributed by atoms with Crippen molar-refractivity contribution in [3.8, 4) is 0 Å². The van der Waals surface area contributed by atoms with Gasteiger partial charge in [0.15, 0.2) is 0 Å². The van der Waals surface area contributed by atoms with Crippen LogP contribution in [0.15, 0.2) is 24.3 Å². The number of aryl methyl sites for hydroxylation is 1. The molecule has 0 saturated carbocycles. The van der Waals surface area contributed by atoms with E-state index in [-0.39, 0.29) is 23.3 Å². The Balaban J connectivity index is 1.99. The van der Waals surface area contributed by atoms with E-state index in [1.807, 2.05) is 36.1 Å². The second-order valence-corrected chi connectivity index (χ2v) is 7.20. The number of nitrogens with zero attached hydrogens (tertiary/aromatic N) is 4. The highest BCUT2D eigenvalue weighted by atomic mass is 16.6. The zero-order valence-electron chi connectivity index (χ0n) is 15.3. The number of rotatable bonds is 4. The molecule has 1 fully saturated rings. The fraction of sp³-hybridized carbons (Fsp3) is 0.444. The highest BCUT2D eigenvalue weighted by Crippen LogP contribution is 2.35. The topological polar surface area (TPSA) is 110 Å². The van der Waals surface area contributed by atoms with Crippen molar-refractivity contribution in [3.05, 3.63) is 39.9 Å². The molecular formula is C18H24N6O2. The molecule has 138 valence electrons. The van der Waals surface area contributed by atoms with Crippen molar-refractivity contribution in [2.75, 3.05) is 29.0 Å². The molecule has 0 spiro atoms. The number of hydrogen-bond donors (Lipinski definition) is 2. The normalized spacial score (nSPS) is 20.0. The van der Waals surface area contributed by atoms with E-state index in [1.165, 1.54) is 0 Å². The van der Waals surface area contributed by atoms with Crippen LogP contribution in [0.5, 0.6) is 0 Å². The number of benzene rings is 1. The molecule has 2 aromatic rings. The molecule has 8 nitrogen and oxygen atoms in total. The molecule has 1 aromatic carbocycles. The molecule has 1 aliphatic heterocycles. The number of nitrogen functional groups attached to an aromatic ring is 1. The summed E-state index contributed by atoms with van der Waals surface area (Å²) in [6.07, 6.45) is 1.10. The van der Waals surface area contributed by atoms with Crippen LogP contribution in [0.2, 0.25) is 0 Å². The summed E-state index contributed by atoms with van der Waals surface area (Å²) < 4.78 is 0.